The Morgan fingerprint density at radius 3 is 1.25 bits per heavy atom. The van der Waals surface area contributed by atoms with E-state index in [0.29, 0.717) is 120 Å². The molecule has 0 unspecified atom stereocenters. The van der Waals surface area contributed by atoms with Crippen LogP contribution in [0.25, 0.3) is 44.6 Å². The molecule has 2 aliphatic heterocycles. The first-order chi connectivity index (χ1) is 33.5. The number of halogens is 2. The summed E-state index contributed by atoms with van der Waals surface area (Å²) in [6, 6.07) is 40.2. The van der Waals surface area contributed by atoms with E-state index >= 15 is 0 Å². The van der Waals surface area contributed by atoms with Crippen molar-refractivity contribution in [2.45, 2.75) is 0 Å². The molecule has 4 heterocycles. The molecular weight excluding hydrogens is 883 g/mol. The van der Waals surface area contributed by atoms with Crippen LogP contribution in [0.15, 0.2) is 146 Å². The largest absolute Gasteiger partial charge is 0.478 e. The molecule has 2 aliphatic rings. The Morgan fingerprint density at radius 2 is 0.855 bits per heavy atom. The number of fused-ring (bicyclic) bond motifs is 2. The van der Waals surface area contributed by atoms with Crippen molar-refractivity contribution in [2.75, 3.05) is 69.3 Å². The maximum Gasteiger partial charge on any atom is 0.337 e. The number of benzene rings is 6. The van der Waals surface area contributed by atoms with Crippen LogP contribution in [0, 0.1) is 11.6 Å². The molecule has 0 aliphatic carbocycles. The molecule has 2 amide bonds. The number of esters is 1. The van der Waals surface area contributed by atoms with Gasteiger partial charge >= 0.3 is 11.9 Å². The number of aromatic nitrogens is 4. The quantitative estimate of drug-likeness (QED) is 0.145. The monoisotopic (exact) mass is 926 g/mol. The summed E-state index contributed by atoms with van der Waals surface area (Å²) in [7, 11) is 1.33. The zero-order valence-corrected chi connectivity index (χ0v) is 37.3. The summed E-state index contributed by atoms with van der Waals surface area (Å²) in [5, 5.41) is 9.36. The molecule has 0 bridgehead atoms. The van der Waals surface area contributed by atoms with E-state index in [1.807, 2.05) is 58.3 Å². The summed E-state index contributed by atoms with van der Waals surface area (Å²) >= 11 is 0. The lowest BCUT2D eigenvalue weighted by Gasteiger charge is -2.36. The fraction of sp³-hybridized carbons (Fsp3) is 0.170. The van der Waals surface area contributed by atoms with E-state index < -0.39 is 11.9 Å². The van der Waals surface area contributed by atoms with Crippen molar-refractivity contribution >= 4 is 57.5 Å². The van der Waals surface area contributed by atoms with Gasteiger partial charge in [0.05, 0.1) is 40.3 Å². The summed E-state index contributed by atoms with van der Waals surface area (Å²) in [4.78, 5) is 76.1. The minimum Gasteiger partial charge on any atom is -0.478 e. The van der Waals surface area contributed by atoms with Gasteiger partial charge in [-0.3, -0.25) is 9.59 Å². The predicted octanol–water partition coefficient (Wildman–Crippen LogP) is 8.28. The zero-order chi connectivity index (χ0) is 48.0. The van der Waals surface area contributed by atoms with E-state index in [1.165, 1.54) is 43.5 Å². The van der Waals surface area contributed by atoms with Crippen LogP contribution in [-0.4, -0.2) is 118 Å². The van der Waals surface area contributed by atoms with E-state index in [0.717, 1.165) is 5.56 Å². The molecule has 346 valence electrons. The van der Waals surface area contributed by atoms with Gasteiger partial charge in [0.2, 0.25) is 0 Å². The number of carboxylic acid groups (broad SMARTS) is 1. The van der Waals surface area contributed by atoms with Crippen LogP contribution < -0.4 is 9.80 Å². The number of hydrogen-bond donors (Lipinski definition) is 1. The van der Waals surface area contributed by atoms with Gasteiger partial charge in [0.1, 0.15) is 23.0 Å². The molecule has 0 saturated carbocycles. The number of piperazine rings is 2. The number of aromatic carboxylic acids is 1. The van der Waals surface area contributed by atoms with Gasteiger partial charge in [-0.15, -0.1) is 0 Å². The highest BCUT2D eigenvalue weighted by Crippen LogP contribution is 2.33. The van der Waals surface area contributed by atoms with Gasteiger partial charge in [0.15, 0.2) is 11.6 Å². The number of carboxylic acids is 1. The lowest BCUT2D eigenvalue weighted by Crippen LogP contribution is -2.49. The first kappa shape index (κ1) is 45.5. The molecule has 2 saturated heterocycles. The Kier molecular flexibility index (Phi) is 13.2. The van der Waals surface area contributed by atoms with Crippen LogP contribution in [0.3, 0.4) is 0 Å². The van der Waals surface area contributed by atoms with Crippen molar-refractivity contribution in [1.29, 1.82) is 0 Å². The lowest BCUT2D eigenvalue weighted by molar-refractivity contribution is 0.0599. The number of amides is 2. The molecule has 6 aromatic carbocycles. The molecule has 2 aromatic heterocycles. The van der Waals surface area contributed by atoms with Gasteiger partial charge in [-0.05, 0) is 109 Å². The van der Waals surface area contributed by atoms with Gasteiger partial charge in [-0.25, -0.2) is 38.3 Å². The molecule has 1 N–H and O–H groups in total. The van der Waals surface area contributed by atoms with Crippen LogP contribution in [-0.2, 0) is 4.74 Å². The van der Waals surface area contributed by atoms with Crippen molar-refractivity contribution in [2.24, 2.45) is 0 Å². The summed E-state index contributed by atoms with van der Waals surface area (Å²) in [6.07, 6.45) is 0. The minimum absolute atomic E-state index is 0.00340. The van der Waals surface area contributed by atoms with Crippen molar-refractivity contribution in [3.8, 4) is 22.5 Å². The number of methoxy groups -OCH3 is 1. The number of nitrogens with zero attached hydrogens (tertiary/aromatic N) is 8. The van der Waals surface area contributed by atoms with Crippen molar-refractivity contribution in [1.82, 2.24) is 29.7 Å². The molecule has 0 atom stereocenters. The Bertz CT molecular complexity index is 3180. The van der Waals surface area contributed by atoms with Gasteiger partial charge < -0.3 is 29.4 Å². The average Bonchev–Trinajstić information content (AvgIpc) is 3.40. The molecule has 2 fully saturated rings. The van der Waals surface area contributed by atoms with Gasteiger partial charge in [0, 0.05) is 74.6 Å². The SMILES string of the molecule is COC(=O)c1ccc2nc(-c3ccc(F)cc3)c(N3CCN(C(=O)c4ccccc4)CC3)nc2c1.O=C(O)c1ccc2nc(-c3ccc(F)cc3)c(N3CCN(C(=O)c4ccccc4)CC3)nc2c1. The number of rotatable bonds is 8. The molecule has 69 heavy (non-hydrogen) atoms. The molecular formula is C53H44F2N8O6. The minimum atomic E-state index is -1.04. The highest BCUT2D eigenvalue weighted by molar-refractivity contribution is 5.97. The normalized spacial score (nSPS) is 13.7. The topological polar surface area (TPSA) is 162 Å². The third kappa shape index (κ3) is 10.0. The molecule has 0 radical (unpaired) electrons. The number of hydrogen-bond acceptors (Lipinski definition) is 11. The fourth-order valence-corrected chi connectivity index (χ4v) is 8.28. The molecule has 10 rings (SSSR count). The standard InChI is InChI=1S/C27H23FN4O3.C26H21FN4O3/c1-35-27(34)20-9-12-22-23(17-20)30-25(24(29-22)18-7-10-21(28)11-8-18)31-13-15-32(16-14-31)26(33)19-5-3-2-4-6-19;27-20-9-6-17(7-10-20)23-24(29-22-16-19(26(33)34)8-11-21(22)28-23)30-12-14-31(15-13-30)25(32)18-4-2-1-3-5-18/h2-12,17H,13-16H2,1H3;1-11,16H,12-15H2,(H,33,34). The second-order valence-corrected chi connectivity index (χ2v) is 16.3. The summed E-state index contributed by atoms with van der Waals surface area (Å²) in [5.41, 5.74) is 6.62. The van der Waals surface area contributed by atoms with Crippen LogP contribution in [0.4, 0.5) is 20.4 Å². The molecule has 8 aromatic rings. The third-order valence-corrected chi connectivity index (χ3v) is 12.0. The summed E-state index contributed by atoms with van der Waals surface area (Å²) in [6.45, 7) is 4.25. The summed E-state index contributed by atoms with van der Waals surface area (Å²) in [5.74, 6) is -0.998. The van der Waals surface area contributed by atoms with Crippen LogP contribution >= 0.6 is 0 Å². The second kappa shape index (κ2) is 20.1. The Balaban J connectivity index is 0.000000172. The van der Waals surface area contributed by atoms with Crippen LogP contribution in [0.5, 0.6) is 0 Å². The van der Waals surface area contributed by atoms with Crippen molar-refractivity contribution in [3.63, 3.8) is 0 Å². The maximum atomic E-state index is 13.6. The number of anilines is 2. The zero-order valence-electron chi connectivity index (χ0n) is 37.3. The van der Waals surface area contributed by atoms with E-state index in [4.69, 9.17) is 24.7 Å². The van der Waals surface area contributed by atoms with E-state index in [9.17, 15) is 33.1 Å². The first-order valence-corrected chi connectivity index (χ1v) is 22.2. The van der Waals surface area contributed by atoms with Crippen LogP contribution in [0.2, 0.25) is 0 Å². The van der Waals surface area contributed by atoms with Gasteiger partial charge in [-0.2, -0.15) is 0 Å². The van der Waals surface area contributed by atoms with Gasteiger partial charge in [-0.1, -0.05) is 36.4 Å². The number of carbonyl (C=O) groups excluding carboxylic acids is 3. The van der Waals surface area contributed by atoms with Gasteiger partial charge in [0.25, 0.3) is 11.8 Å². The Morgan fingerprint density at radius 1 is 0.464 bits per heavy atom. The van der Waals surface area contributed by atoms with Crippen molar-refractivity contribution < 1.29 is 37.8 Å². The van der Waals surface area contributed by atoms with Crippen LogP contribution in [0.1, 0.15) is 41.4 Å². The van der Waals surface area contributed by atoms with E-state index in [1.54, 1.807) is 65.6 Å². The highest BCUT2D eigenvalue weighted by atomic mass is 19.1. The third-order valence-electron chi connectivity index (χ3n) is 12.0. The maximum absolute atomic E-state index is 13.6. The molecule has 14 nitrogen and oxygen atoms in total. The smallest absolute Gasteiger partial charge is 0.337 e. The van der Waals surface area contributed by atoms with E-state index in [-0.39, 0.29) is 29.0 Å². The first-order valence-electron chi connectivity index (χ1n) is 22.2. The number of carbonyl (C=O) groups is 4. The second-order valence-electron chi connectivity index (χ2n) is 16.3. The lowest BCUT2D eigenvalue weighted by atomic mass is 10.1. The predicted molar refractivity (Wildman–Crippen MR) is 257 cm³/mol. The summed E-state index contributed by atoms with van der Waals surface area (Å²) < 4.78 is 32.0. The fourth-order valence-electron chi connectivity index (χ4n) is 8.28. The molecule has 16 heteroatoms. The Hall–Kier alpha value is -8.66. The molecule has 0 spiro atoms. The Labute approximate surface area is 395 Å². The van der Waals surface area contributed by atoms with E-state index in [2.05, 4.69) is 4.90 Å². The highest BCUT2D eigenvalue weighted by Gasteiger charge is 2.28. The number of ether oxygens (including phenoxy) is 1. The average molecular weight is 927 g/mol. The van der Waals surface area contributed by atoms with Crippen molar-refractivity contribution in [3.05, 3.63) is 179 Å².